The number of halogens is 1. The molecule has 2 amide bonds. The van der Waals surface area contributed by atoms with Gasteiger partial charge in [-0.15, -0.1) is 0 Å². The normalized spacial score (nSPS) is 19.4. The molecule has 1 aromatic carbocycles. The fraction of sp³-hybridized carbons (Fsp3) is 0.526. The first-order chi connectivity index (χ1) is 23.0. The van der Waals surface area contributed by atoms with E-state index in [1.165, 1.54) is 36.1 Å². The van der Waals surface area contributed by atoms with E-state index < -0.39 is 11.3 Å². The molecule has 4 heterocycles. The quantitative estimate of drug-likeness (QED) is 0.328. The molecule has 2 aromatic heterocycles. The molecule has 2 aliphatic heterocycles. The Morgan fingerprint density at radius 3 is 2.46 bits per heavy atom. The minimum atomic E-state index is -0.837. The predicted molar refractivity (Wildman–Crippen MR) is 193 cm³/mol. The number of hydrogen-bond acceptors (Lipinski definition) is 6. The molecule has 2 saturated heterocycles. The highest BCUT2D eigenvalue weighted by Gasteiger charge is 2.35. The van der Waals surface area contributed by atoms with Gasteiger partial charge in [-0.1, -0.05) is 58.0 Å². The van der Waals surface area contributed by atoms with Crippen molar-refractivity contribution in [3.05, 3.63) is 94.9 Å². The summed E-state index contributed by atoms with van der Waals surface area (Å²) in [4.78, 5) is 40.0. The number of hydrogen-bond donors (Lipinski definition) is 1. The lowest BCUT2D eigenvalue weighted by atomic mass is 9.88. The second kappa shape index (κ2) is 17.1. The summed E-state index contributed by atoms with van der Waals surface area (Å²) < 4.78 is 2.20. The van der Waals surface area contributed by atoms with Crippen molar-refractivity contribution in [3.63, 3.8) is 0 Å². The topological polar surface area (TPSA) is 101 Å². The number of carbonyl (C=O) groups excluding carboxylic acids is 2. The fourth-order valence-corrected chi connectivity index (χ4v) is 7.04. The van der Waals surface area contributed by atoms with Crippen LogP contribution < -0.4 is 5.73 Å². The number of imidazole rings is 1. The van der Waals surface area contributed by atoms with Crippen LogP contribution in [0.15, 0.2) is 61.8 Å². The lowest BCUT2D eigenvalue weighted by Crippen LogP contribution is -2.51. The fourth-order valence-electron chi connectivity index (χ4n) is 6.84. The summed E-state index contributed by atoms with van der Waals surface area (Å²) >= 11 is 6.30. The number of primary amides is 1. The Labute approximate surface area is 292 Å². The Kier molecular flexibility index (Phi) is 13.2. The maximum atomic E-state index is 12.8. The van der Waals surface area contributed by atoms with Crippen molar-refractivity contribution in [2.75, 3.05) is 39.3 Å². The standard InChI is InChI=1S/C24H29ClN4O2.C12H19N3.C2H6/c1-24(2,23(26)31)15-20(30)28-10-12-29(13-11-28)22-19-8-7-18(25)14-17(19)6-5-16-4-3-9-27-21(16)22;1-3-14-6-4-5-12(8-14)9-15-7-11(2)13-10-15;1-2/h3-4,7-9,14,22H,5-6,10-13,15H2,1-2H3,(H2,26,31);3,7,10,12H,1,4-6,8-9H2,2H3;1-2H3/t22-;12-;/m01./s1. The van der Waals surface area contributed by atoms with Crippen LogP contribution in [0.5, 0.6) is 0 Å². The second-order valence-corrected chi connectivity index (χ2v) is 14.0. The molecule has 2 fully saturated rings. The van der Waals surface area contributed by atoms with Crippen LogP contribution in [0.25, 0.3) is 0 Å². The Bertz CT molecular complexity index is 1530. The van der Waals surface area contributed by atoms with Gasteiger partial charge in [-0.25, -0.2) is 4.98 Å². The van der Waals surface area contributed by atoms with Crippen LogP contribution in [0.1, 0.15) is 81.1 Å². The monoisotopic (exact) mass is 675 g/mol. The molecule has 48 heavy (non-hydrogen) atoms. The molecule has 2 atom stereocenters. The van der Waals surface area contributed by atoms with Crippen LogP contribution in [0.3, 0.4) is 0 Å². The lowest BCUT2D eigenvalue weighted by Gasteiger charge is -2.40. The summed E-state index contributed by atoms with van der Waals surface area (Å²) in [6.07, 6.45) is 12.5. The number of piperidine rings is 1. The molecule has 1 aliphatic carbocycles. The van der Waals surface area contributed by atoms with Crippen LogP contribution in [-0.4, -0.2) is 80.3 Å². The van der Waals surface area contributed by atoms with E-state index in [0.717, 1.165) is 61.3 Å². The van der Waals surface area contributed by atoms with E-state index >= 15 is 0 Å². The van der Waals surface area contributed by atoms with Crippen molar-refractivity contribution >= 4 is 23.4 Å². The smallest absolute Gasteiger partial charge is 0.223 e. The zero-order valence-corrected chi connectivity index (χ0v) is 30.3. The van der Waals surface area contributed by atoms with Crippen LogP contribution in [0.2, 0.25) is 5.02 Å². The van der Waals surface area contributed by atoms with E-state index in [0.29, 0.717) is 13.1 Å². The summed E-state index contributed by atoms with van der Waals surface area (Å²) in [5, 5.41) is 0.754. The number of rotatable bonds is 7. The van der Waals surface area contributed by atoms with E-state index in [1.807, 2.05) is 56.5 Å². The first kappa shape index (κ1) is 37.1. The first-order valence-electron chi connectivity index (χ1n) is 17.4. The highest BCUT2D eigenvalue weighted by Crippen LogP contribution is 2.37. The molecule has 2 N–H and O–H groups in total. The molecule has 3 aromatic rings. The van der Waals surface area contributed by atoms with Gasteiger partial charge in [-0.3, -0.25) is 19.5 Å². The number of nitrogens with zero attached hydrogens (tertiary/aromatic N) is 6. The minimum absolute atomic E-state index is 0.0185. The number of nitrogens with two attached hydrogens (primary N) is 1. The minimum Gasteiger partial charge on any atom is -0.378 e. The zero-order valence-electron chi connectivity index (χ0n) is 29.5. The van der Waals surface area contributed by atoms with Gasteiger partial charge in [0.25, 0.3) is 0 Å². The average molecular weight is 676 g/mol. The Morgan fingerprint density at radius 2 is 1.79 bits per heavy atom. The van der Waals surface area contributed by atoms with E-state index in [1.54, 1.807) is 13.8 Å². The van der Waals surface area contributed by atoms with Crippen molar-refractivity contribution in [1.82, 2.24) is 29.2 Å². The largest absolute Gasteiger partial charge is 0.378 e. The molecule has 0 spiro atoms. The highest BCUT2D eigenvalue weighted by molar-refractivity contribution is 6.30. The Morgan fingerprint density at radius 1 is 1.06 bits per heavy atom. The molecular weight excluding hydrogens is 622 g/mol. The van der Waals surface area contributed by atoms with Gasteiger partial charge in [0.1, 0.15) is 0 Å². The van der Waals surface area contributed by atoms with Gasteiger partial charge in [-0.2, -0.15) is 0 Å². The number of piperazine rings is 1. The summed E-state index contributed by atoms with van der Waals surface area (Å²) in [5.74, 6) is 0.274. The third-order valence-electron chi connectivity index (χ3n) is 9.58. The third-order valence-corrected chi connectivity index (χ3v) is 9.82. The summed E-state index contributed by atoms with van der Waals surface area (Å²) in [7, 11) is 0. The number of aromatic nitrogens is 3. The summed E-state index contributed by atoms with van der Waals surface area (Å²) in [5.41, 5.74) is 10.6. The maximum absolute atomic E-state index is 12.8. The molecular formula is C38H54ClN7O2. The summed E-state index contributed by atoms with van der Waals surface area (Å²) in [6.45, 7) is 19.4. The zero-order chi connectivity index (χ0) is 34.8. The number of carbonyl (C=O) groups is 2. The van der Waals surface area contributed by atoms with Gasteiger partial charge in [0.05, 0.1) is 29.2 Å². The first-order valence-corrected chi connectivity index (χ1v) is 17.8. The molecule has 0 unspecified atom stereocenters. The number of pyridine rings is 1. The van der Waals surface area contributed by atoms with Crippen molar-refractivity contribution in [2.45, 2.75) is 79.3 Å². The molecule has 6 rings (SSSR count). The number of benzene rings is 1. The Hall–Kier alpha value is -3.69. The predicted octanol–water partition coefficient (Wildman–Crippen LogP) is 6.04. The van der Waals surface area contributed by atoms with Gasteiger partial charge in [0.2, 0.25) is 11.8 Å². The highest BCUT2D eigenvalue weighted by atomic mass is 35.5. The second-order valence-electron chi connectivity index (χ2n) is 13.5. The van der Waals surface area contributed by atoms with Crippen LogP contribution in [0, 0.1) is 18.3 Å². The van der Waals surface area contributed by atoms with Crippen molar-refractivity contribution in [2.24, 2.45) is 17.1 Å². The molecule has 0 bridgehead atoms. The van der Waals surface area contributed by atoms with E-state index in [9.17, 15) is 9.59 Å². The van der Waals surface area contributed by atoms with Crippen molar-refractivity contribution < 1.29 is 9.59 Å². The maximum Gasteiger partial charge on any atom is 0.223 e. The van der Waals surface area contributed by atoms with E-state index in [-0.39, 0.29) is 18.4 Å². The molecule has 10 heteroatoms. The van der Waals surface area contributed by atoms with Gasteiger partial charge in [0.15, 0.2) is 0 Å². The average Bonchev–Trinajstić information content (AvgIpc) is 3.42. The van der Waals surface area contributed by atoms with Gasteiger partial charge >= 0.3 is 0 Å². The third kappa shape index (κ3) is 9.47. The number of fused-ring (bicyclic) bond motifs is 2. The molecule has 0 saturated carbocycles. The van der Waals surface area contributed by atoms with Crippen LogP contribution in [-0.2, 0) is 29.0 Å². The van der Waals surface area contributed by atoms with E-state index in [4.69, 9.17) is 22.3 Å². The molecule has 3 aliphatic rings. The van der Waals surface area contributed by atoms with Gasteiger partial charge in [0, 0.05) is 69.7 Å². The van der Waals surface area contributed by atoms with Crippen LogP contribution in [0.4, 0.5) is 0 Å². The Balaban J connectivity index is 0.000000256. The van der Waals surface area contributed by atoms with Crippen LogP contribution >= 0.6 is 11.6 Å². The molecule has 260 valence electrons. The van der Waals surface area contributed by atoms with Crippen molar-refractivity contribution in [3.8, 4) is 0 Å². The number of likely N-dealkylation sites (tertiary alicyclic amines) is 1. The number of aryl methyl sites for hydroxylation is 3. The number of amides is 2. The molecule has 0 radical (unpaired) electrons. The molecule has 9 nitrogen and oxygen atoms in total. The SMILES string of the molecule is C=CN1CCC[C@@H](Cn2cnc(C)c2)C1.CC.CC(C)(CC(=O)N1CCN([C@H]2c3ccc(Cl)cc3CCc3cccnc32)CC1)C(N)=O. The lowest BCUT2D eigenvalue weighted by molar-refractivity contribution is -0.139. The van der Waals surface area contributed by atoms with Gasteiger partial charge < -0.3 is 20.1 Å². The summed E-state index contributed by atoms with van der Waals surface area (Å²) in [6, 6.07) is 10.4. The van der Waals surface area contributed by atoms with Crippen molar-refractivity contribution in [1.29, 1.82) is 0 Å². The van der Waals surface area contributed by atoms with Gasteiger partial charge in [-0.05, 0) is 79.6 Å². The van der Waals surface area contributed by atoms with E-state index in [2.05, 4.69) is 50.3 Å².